The molecule has 0 saturated heterocycles. The molecule has 2 rings (SSSR count). The highest BCUT2D eigenvalue weighted by Gasteiger charge is 2.09. The number of nitrogen functional groups attached to an aromatic ring is 1. The van der Waals surface area contributed by atoms with Crippen LogP contribution in [0.4, 0.5) is 14.5 Å². The molecule has 0 atom stereocenters. The predicted molar refractivity (Wildman–Crippen MR) is 64.1 cm³/mol. The van der Waals surface area contributed by atoms with Gasteiger partial charge in [-0.15, -0.1) is 0 Å². The van der Waals surface area contributed by atoms with Gasteiger partial charge in [0.2, 0.25) is 0 Å². The summed E-state index contributed by atoms with van der Waals surface area (Å²) in [6.45, 7) is -0.237. The molecule has 4 nitrogen and oxygen atoms in total. The molecular formula is C13H10F2N2O2. The third-order valence-corrected chi connectivity index (χ3v) is 2.29. The Morgan fingerprint density at radius 2 is 1.89 bits per heavy atom. The van der Waals surface area contributed by atoms with Crippen LogP contribution in [0.15, 0.2) is 36.5 Å². The highest BCUT2D eigenvalue weighted by atomic mass is 19.1. The Morgan fingerprint density at radius 1 is 1.21 bits per heavy atom. The van der Waals surface area contributed by atoms with Crippen LogP contribution in [0.1, 0.15) is 16.1 Å². The zero-order valence-electron chi connectivity index (χ0n) is 9.77. The van der Waals surface area contributed by atoms with E-state index in [0.717, 1.165) is 18.2 Å². The normalized spacial score (nSPS) is 10.2. The highest BCUT2D eigenvalue weighted by molar-refractivity contribution is 5.87. The maximum Gasteiger partial charge on any atom is 0.357 e. The van der Waals surface area contributed by atoms with Crippen LogP contribution < -0.4 is 5.73 Å². The summed E-state index contributed by atoms with van der Waals surface area (Å²) in [6, 6.07) is 5.83. The molecule has 6 heteroatoms. The number of hydrogen-bond donors (Lipinski definition) is 1. The first kappa shape index (κ1) is 12.9. The van der Waals surface area contributed by atoms with Gasteiger partial charge in [-0.3, -0.25) is 0 Å². The van der Waals surface area contributed by atoms with Crippen molar-refractivity contribution >= 4 is 11.7 Å². The molecule has 1 aromatic carbocycles. The number of carbonyl (C=O) groups is 1. The molecule has 0 radical (unpaired) electrons. The van der Waals surface area contributed by atoms with Gasteiger partial charge in [0.05, 0.1) is 11.9 Å². The van der Waals surface area contributed by atoms with E-state index in [1.807, 2.05) is 0 Å². The number of nitrogens with two attached hydrogens (primary N) is 1. The molecule has 0 amide bonds. The first-order valence-electron chi connectivity index (χ1n) is 5.38. The monoisotopic (exact) mass is 264 g/mol. The number of anilines is 1. The minimum Gasteiger partial charge on any atom is -0.456 e. The molecule has 1 heterocycles. The van der Waals surface area contributed by atoms with Gasteiger partial charge in [-0.1, -0.05) is 0 Å². The molecule has 0 aliphatic heterocycles. The molecule has 1 aromatic heterocycles. The number of ether oxygens (including phenoxy) is 1. The molecule has 0 spiro atoms. The van der Waals surface area contributed by atoms with Crippen molar-refractivity contribution in [3.8, 4) is 0 Å². The molecule has 19 heavy (non-hydrogen) atoms. The summed E-state index contributed by atoms with van der Waals surface area (Å²) in [5.41, 5.74) is 6.15. The molecule has 0 aliphatic carbocycles. The fourth-order valence-electron chi connectivity index (χ4n) is 1.44. The first-order valence-corrected chi connectivity index (χ1v) is 5.38. The molecule has 0 fully saturated rings. The van der Waals surface area contributed by atoms with E-state index in [1.165, 1.54) is 18.3 Å². The van der Waals surface area contributed by atoms with Gasteiger partial charge >= 0.3 is 5.97 Å². The second-order valence-corrected chi connectivity index (χ2v) is 3.83. The lowest BCUT2D eigenvalue weighted by Gasteiger charge is -2.05. The molecule has 0 bridgehead atoms. The Hall–Kier alpha value is -2.50. The second-order valence-electron chi connectivity index (χ2n) is 3.83. The summed E-state index contributed by atoms with van der Waals surface area (Å²) in [5, 5.41) is 0. The Labute approximate surface area is 107 Å². The molecule has 0 saturated carbocycles. The van der Waals surface area contributed by atoms with Gasteiger partial charge in [0, 0.05) is 6.07 Å². The van der Waals surface area contributed by atoms with Crippen molar-refractivity contribution in [3.63, 3.8) is 0 Å². The first-order chi connectivity index (χ1) is 9.04. The van der Waals surface area contributed by atoms with Crippen molar-refractivity contribution in [3.05, 3.63) is 59.4 Å². The Bertz CT molecular complexity index is 580. The number of hydrogen-bond acceptors (Lipinski definition) is 4. The fourth-order valence-corrected chi connectivity index (χ4v) is 1.44. The van der Waals surface area contributed by atoms with Gasteiger partial charge in [0.15, 0.2) is 0 Å². The van der Waals surface area contributed by atoms with Crippen LogP contribution in [-0.4, -0.2) is 11.0 Å². The van der Waals surface area contributed by atoms with Crippen molar-refractivity contribution in [1.29, 1.82) is 0 Å². The Balaban J connectivity index is 2.02. The largest absolute Gasteiger partial charge is 0.456 e. The molecule has 2 aromatic rings. The summed E-state index contributed by atoms with van der Waals surface area (Å²) in [4.78, 5) is 15.4. The zero-order chi connectivity index (χ0) is 13.8. The van der Waals surface area contributed by atoms with Crippen molar-refractivity contribution in [2.45, 2.75) is 6.61 Å². The standard InChI is InChI=1S/C13H10F2N2O2/c14-9-3-8(4-10(15)5-9)7-19-13(18)12-2-1-11(16)6-17-12/h1-6H,7,16H2. The third-order valence-electron chi connectivity index (χ3n) is 2.29. The number of esters is 1. The van der Waals surface area contributed by atoms with Crippen LogP contribution in [0, 0.1) is 11.6 Å². The van der Waals surface area contributed by atoms with E-state index in [0.29, 0.717) is 5.69 Å². The minimum absolute atomic E-state index is 0.0751. The predicted octanol–water partition coefficient (Wildman–Crippen LogP) is 2.30. The van der Waals surface area contributed by atoms with E-state index in [-0.39, 0.29) is 17.9 Å². The van der Waals surface area contributed by atoms with Crippen LogP contribution >= 0.6 is 0 Å². The van der Waals surface area contributed by atoms with Gasteiger partial charge in [0.25, 0.3) is 0 Å². The minimum atomic E-state index is -0.725. The quantitative estimate of drug-likeness (QED) is 0.864. The summed E-state index contributed by atoms with van der Waals surface area (Å²) in [5.74, 6) is -2.14. The number of nitrogens with zero attached hydrogens (tertiary/aromatic N) is 1. The van der Waals surface area contributed by atoms with E-state index in [2.05, 4.69) is 4.98 Å². The van der Waals surface area contributed by atoms with Crippen LogP contribution in [-0.2, 0) is 11.3 Å². The smallest absolute Gasteiger partial charge is 0.357 e. The van der Waals surface area contributed by atoms with Crippen molar-refractivity contribution < 1.29 is 18.3 Å². The summed E-state index contributed by atoms with van der Waals surface area (Å²) < 4.78 is 30.7. The second kappa shape index (κ2) is 5.43. The lowest BCUT2D eigenvalue weighted by atomic mass is 10.2. The van der Waals surface area contributed by atoms with E-state index < -0.39 is 17.6 Å². The van der Waals surface area contributed by atoms with Crippen molar-refractivity contribution in [1.82, 2.24) is 4.98 Å². The van der Waals surface area contributed by atoms with Gasteiger partial charge in [-0.25, -0.2) is 18.6 Å². The third kappa shape index (κ3) is 3.48. The molecular weight excluding hydrogens is 254 g/mol. The SMILES string of the molecule is Nc1ccc(C(=O)OCc2cc(F)cc(F)c2)nc1. The Morgan fingerprint density at radius 3 is 2.47 bits per heavy atom. The zero-order valence-corrected chi connectivity index (χ0v) is 9.77. The van der Waals surface area contributed by atoms with Crippen molar-refractivity contribution in [2.24, 2.45) is 0 Å². The van der Waals surface area contributed by atoms with E-state index >= 15 is 0 Å². The van der Waals surface area contributed by atoms with Gasteiger partial charge < -0.3 is 10.5 Å². The van der Waals surface area contributed by atoms with Crippen molar-refractivity contribution in [2.75, 3.05) is 5.73 Å². The summed E-state index contributed by atoms with van der Waals surface area (Å²) >= 11 is 0. The topological polar surface area (TPSA) is 65.2 Å². The average Bonchev–Trinajstić information content (AvgIpc) is 2.36. The number of halogens is 2. The van der Waals surface area contributed by atoms with Gasteiger partial charge in [0.1, 0.15) is 23.9 Å². The number of pyridine rings is 1. The summed E-state index contributed by atoms with van der Waals surface area (Å²) in [6.07, 6.45) is 1.32. The molecule has 98 valence electrons. The average molecular weight is 264 g/mol. The van der Waals surface area contributed by atoms with E-state index in [9.17, 15) is 13.6 Å². The van der Waals surface area contributed by atoms with Gasteiger partial charge in [-0.2, -0.15) is 0 Å². The van der Waals surface area contributed by atoms with Crippen LogP contribution in [0.3, 0.4) is 0 Å². The van der Waals surface area contributed by atoms with E-state index in [4.69, 9.17) is 10.5 Å². The number of rotatable bonds is 3. The van der Waals surface area contributed by atoms with Crippen LogP contribution in [0.5, 0.6) is 0 Å². The lowest BCUT2D eigenvalue weighted by molar-refractivity contribution is 0.0465. The Kier molecular flexibility index (Phi) is 3.70. The lowest BCUT2D eigenvalue weighted by Crippen LogP contribution is -2.07. The number of carbonyl (C=O) groups excluding carboxylic acids is 1. The number of benzene rings is 1. The molecule has 0 unspecified atom stereocenters. The molecule has 2 N–H and O–H groups in total. The fraction of sp³-hybridized carbons (Fsp3) is 0.0769. The highest BCUT2D eigenvalue weighted by Crippen LogP contribution is 2.10. The van der Waals surface area contributed by atoms with Crippen LogP contribution in [0.25, 0.3) is 0 Å². The summed E-state index contributed by atoms with van der Waals surface area (Å²) in [7, 11) is 0. The molecule has 0 aliphatic rings. The van der Waals surface area contributed by atoms with Gasteiger partial charge in [-0.05, 0) is 29.8 Å². The number of aromatic nitrogens is 1. The maximum absolute atomic E-state index is 12.9. The van der Waals surface area contributed by atoms with E-state index in [1.54, 1.807) is 0 Å². The maximum atomic E-state index is 12.9. The van der Waals surface area contributed by atoms with Crippen LogP contribution in [0.2, 0.25) is 0 Å².